The lowest BCUT2D eigenvalue weighted by molar-refractivity contribution is -0.121. The molecule has 0 spiro atoms. The Morgan fingerprint density at radius 3 is 2.12 bits per heavy atom. The number of Topliss-reactive ketones (excluding diaryl/α,β-unsaturated/α-hetero) is 1. The summed E-state index contributed by atoms with van der Waals surface area (Å²) in [5.41, 5.74) is 0.996. The lowest BCUT2D eigenvalue weighted by Gasteiger charge is -2.37. The van der Waals surface area contributed by atoms with Crippen LogP contribution in [0.4, 0.5) is 0 Å². The first-order valence-electron chi connectivity index (χ1n) is 9.14. The van der Waals surface area contributed by atoms with Crippen LogP contribution in [0.3, 0.4) is 0 Å². The van der Waals surface area contributed by atoms with E-state index in [-0.39, 0.29) is 22.3 Å². The van der Waals surface area contributed by atoms with Crippen molar-refractivity contribution in [1.29, 1.82) is 0 Å². The highest BCUT2D eigenvalue weighted by molar-refractivity contribution is 8.33. The number of hydrogen-bond acceptors (Lipinski definition) is 4. The van der Waals surface area contributed by atoms with Crippen molar-refractivity contribution in [2.24, 2.45) is 5.92 Å². The third kappa shape index (κ3) is 5.31. The van der Waals surface area contributed by atoms with Crippen molar-refractivity contribution in [3.8, 4) is 0 Å². The van der Waals surface area contributed by atoms with Gasteiger partial charge < -0.3 is 0 Å². The smallest absolute Gasteiger partial charge is 0.298 e. The number of benzene rings is 1. The fourth-order valence-electron chi connectivity index (χ4n) is 3.26. The Bertz CT molecular complexity index is 670. The molecule has 0 amide bonds. The average Bonchev–Trinajstić information content (AvgIpc) is 2.62. The Hall–Kier alpha value is -0.850. The zero-order valence-electron chi connectivity index (χ0n) is 15.5. The molecule has 4 nitrogen and oxygen atoms in total. The molecule has 1 aromatic carbocycles. The molecule has 1 fully saturated rings. The van der Waals surface area contributed by atoms with Gasteiger partial charge in [-0.05, 0) is 43.4 Å². The van der Waals surface area contributed by atoms with Gasteiger partial charge in [0.2, 0.25) is 0 Å². The summed E-state index contributed by atoms with van der Waals surface area (Å²) >= 11 is 0. The second kappa shape index (κ2) is 8.69. The van der Waals surface area contributed by atoms with Gasteiger partial charge >= 0.3 is 10.1 Å². The van der Waals surface area contributed by atoms with Crippen molar-refractivity contribution in [2.75, 3.05) is 17.3 Å². The minimum Gasteiger partial charge on any atom is -0.298 e. The first-order valence-corrected chi connectivity index (χ1v) is 12.6. The van der Waals surface area contributed by atoms with Crippen molar-refractivity contribution in [2.45, 2.75) is 57.8 Å². The van der Waals surface area contributed by atoms with E-state index >= 15 is 0 Å². The SMILES string of the molecule is CCS(CC)(CC(=O)C1CCCCC1)OS(=O)(=O)c1ccc(C)cc1. The molecule has 0 bridgehead atoms. The molecule has 0 aliphatic heterocycles. The number of carbonyl (C=O) groups is 1. The van der Waals surface area contributed by atoms with Crippen LogP contribution in [0.25, 0.3) is 0 Å². The van der Waals surface area contributed by atoms with Crippen LogP contribution >= 0.6 is 10.3 Å². The summed E-state index contributed by atoms with van der Waals surface area (Å²) in [5.74, 6) is 1.69. The average molecular weight is 387 g/mol. The minimum atomic E-state index is -3.85. The lowest BCUT2D eigenvalue weighted by Crippen LogP contribution is -2.28. The summed E-state index contributed by atoms with van der Waals surface area (Å²) in [6, 6.07) is 6.67. The van der Waals surface area contributed by atoms with Crippen molar-refractivity contribution < 1.29 is 16.8 Å². The number of hydrogen-bond donors (Lipinski definition) is 0. The summed E-state index contributed by atoms with van der Waals surface area (Å²) in [4.78, 5) is 12.9. The zero-order valence-corrected chi connectivity index (χ0v) is 17.1. The summed E-state index contributed by atoms with van der Waals surface area (Å²) in [7, 11) is -5.82. The first kappa shape index (κ1) is 20.5. The molecule has 0 N–H and O–H groups in total. The van der Waals surface area contributed by atoms with Crippen LogP contribution in [0.5, 0.6) is 0 Å². The molecule has 0 heterocycles. The van der Waals surface area contributed by atoms with Gasteiger partial charge in [-0.25, -0.2) is 3.63 Å². The fourth-order valence-corrected chi connectivity index (χ4v) is 8.10. The predicted octanol–water partition coefficient (Wildman–Crippen LogP) is 4.61. The van der Waals surface area contributed by atoms with E-state index < -0.39 is 20.4 Å². The summed E-state index contributed by atoms with van der Waals surface area (Å²) in [6.07, 6.45) is 5.26. The van der Waals surface area contributed by atoms with Gasteiger partial charge in [-0.1, -0.05) is 50.8 Å². The van der Waals surface area contributed by atoms with E-state index in [4.69, 9.17) is 3.63 Å². The Balaban J connectivity index is 2.17. The van der Waals surface area contributed by atoms with E-state index in [1.807, 2.05) is 20.8 Å². The molecule has 0 radical (unpaired) electrons. The van der Waals surface area contributed by atoms with Crippen LogP contribution in [0.1, 0.15) is 51.5 Å². The third-order valence-corrected chi connectivity index (χ3v) is 10.7. The Labute approximate surface area is 154 Å². The molecular formula is C19H30O4S2. The number of aryl methyl sites for hydroxylation is 1. The Morgan fingerprint density at radius 2 is 1.60 bits per heavy atom. The van der Waals surface area contributed by atoms with Gasteiger partial charge in [0.1, 0.15) is 5.78 Å². The molecule has 2 rings (SSSR count). The molecule has 1 aliphatic rings. The number of ketones is 1. The largest absolute Gasteiger partial charge is 0.306 e. The summed E-state index contributed by atoms with van der Waals surface area (Å²) in [6.45, 7) is 5.77. The molecule has 1 saturated carbocycles. The molecule has 0 unspecified atom stereocenters. The highest BCUT2D eigenvalue weighted by Crippen LogP contribution is 2.51. The normalized spacial score (nSPS) is 17.4. The van der Waals surface area contributed by atoms with Crippen molar-refractivity contribution in [3.05, 3.63) is 29.8 Å². The molecule has 6 heteroatoms. The molecule has 0 saturated heterocycles. The maximum absolute atomic E-state index is 12.7. The standard InChI is InChI=1S/C19H30O4S2/c1-4-24(5-2,15-19(20)17-9-7-6-8-10-17)23-25(21,22)18-13-11-16(3)12-14-18/h11-14,17H,4-10,15H2,1-3H3. The highest BCUT2D eigenvalue weighted by Gasteiger charge is 2.34. The van der Waals surface area contributed by atoms with Gasteiger partial charge in [0.15, 0.2) is 0 Å². The lowest BCUT2D eigenvalue weighted by atomic mass is 9.87. The van der Waals surface area contributed by atoms with E-state index in [0.717, 1.165) is 31.2 Å². The van der Waals surface area contributed by atoms with Crippen molar-refractivity contribution in [1.82, 2.24) is 0 Å². The van der Waals surface area contributed by atoms with E-state index in [1.54, 1.807) is 24.3 Å². The Kier molecular flexibility index (Phi) is 7.11. The maximum Gasteiger partial charge on any atom is 0.306 e. The van der Waals surface area contributed by atoms with Crippen LogP contribution in [0.15, 0.2) is 29.2 Å². The number of rotatable bonds is 8. The van der Waals surface area contributed by atoms with Crippen LogP contribution in [0.2, 0.25) is 0 Å². The zero-order chi connectivity index (χ0) is 18.5. The minimum absolute atomic E-state index is 0.0874. The van der Waals surface area contributed by atoms with Crippen LogP contribution < -0.4 is 0 Å². The molecule has 1 aliphatic carbocycles. The summed E-state index contributed by atoms with van der Waals surface area (Å²) in [5, 5.41) is 0. The van der Waals surface area contributed by atoms with E-state index in [9.17, 15) is 13.2 Å². The highest BCUT2D eigenvalue weighted by atomic mass is 32.3. The van der Waals surface area contributed by atoms with Gasteiger partial charge in [0, 0.05) is 5.92 Å². The van der Waals surface area contributed by atoms with Crippen molar-refractivity contribution in [3.63, 3.8) is 0 Å². The molecule has 0 aromatic heterocycles. The first-order chi connectivity index (χ1) is 11.8. The molecular weight excluding hydrogens is 356 g/mol. The Morgan fingerprint density at radius 1 is 1.04 bits per heavy atom. The van der Waals surface area contributed by atoms with E-state index in [2.05, 4.69) is 0 Å². The topological polar surface area (TPSA) is 60.4 Å². The van der Waals surface area contributed by atoms with E-state index in [1.165, 1.54) is 6.42 Å². The van der Waals surface area contributed by atoms with Crippen LogP contribution in [0, 0.1) is 12.8 Å². The summed E-state index contributed by atoms with van der Waals surface area (Å²) < 4.78 is 31.2. The number of carbonyl (C=O) groups excluding carboxylic acids is 1. The van der Waals surface area contributed by atoms with Gasteiger partial charge in [-0.15, -0.1) is 10.3 Å². The molecule has 142 valence electrons. The van der Waals surface area contributed by atoms with Crippen molar-refractivity contribution >= 4 is 26.2 Å². The van der Waals surface area contributed by atoms with Gasteiger partial charge in [0.25, 0.3) is 0 Å². The van der Waals surface area contributed by atoms with Gasteiger partial charge in [-0.3, -0.25) is 4.79 Å². The second-order valence-corrected chi connectivity index (χ2v) is 12.1. The van der Waals surface area contributed by atoms with Crippen LogP contribution in [-0.2, 0) is 18.5 Å². The molecule has 1 aromatic rings. The molecule has 0 atom stereocenters. The monoisotopic (exact) mass is 386 g/mol. The van der Waals surface area contributed by atoms with E-state index in [0.29, 0.717) is 11.5 Å². The molecule has 25 heavy (non-hydrogen) atoms. The third-order valence-electron chi connectivity index (χ3n) is 5.06. The predicted molar refractivity (Wildman–Crippen MR) is 105 cm³/mol. The maximum atomic E-state index is 12.7. The van der Waals surface area contributed by atoms with Gasteiger partial charge in [-0.2, -0.15) is 8.42 Å². The van der Waals surface area contributed by atoms with Crippen LogP contribution in [-0.4, -0.2) is 31.5 Å². The quantitative estimate of drug-likeness (QED) is 0.654. The second-order valence-electron chi connectivity index (χ2n) is 6.82. The fraction of sp³-hybridized carbons (Fsp3) is 0.632. The van der Waals surface area contributed by atoms with Gasteiger partial charge in [0.05, 0.1) is 10.6 Å².